The minimum atomic E-state index is 0.640. The van der Waals surface area contributed by atoms with Crippen molar-refractivity contribution in [2.45, 2.75) is 76.3 Å². The van der Waals surface area contributed by atoms with Gasteiger partial charge in [0.1, 0.15) is 0 Å². The minimum absolute atomic E-state index is 0.640. The molecule has 0 heterocycles. The predicted octanol–water partition coefficient (Wildman–Crippen LogP) is 3.16. The van der Waals surface area contributed by atoms with E-state index in [1.165, 1.54) is 64.2 Å². The Kier molecular flexibility index (Phi) is 5.30. The maximum Gasteiger partial charge on any atom is 0.0220 e. The second-order valence-corrected chi connectivity index (χ2v) is 6.23. The molecule has 100 valence electrons. The van der Waals surface area contributed by atoms with Crippen LogP contribution in [0.1, 0.15) is 64.2 Å². The second kappa shape index (κ2) is 6.75. The van der Waals surface area contributed by atoms with Crippen LogP contribution in [0.4, 0.5) is 0 Å². The molecule has 2 N–H and O–H groups in total. The van der Waals surface area contributed by atoms with E-state index in [2.05, 4.69) is 11.9 Å². The highest BCUT2D eigenvalue weighted by atomic mass is 15.2. The van der Waals surface area contributed by atoms with Crippen LogP contribution in [0.2, 0.25) is 0 Å². The lowest BCUT2D eigenvalue weighted by atomic mass is 9.84. The Balaban J connectivity index is 1.81. The average Bonchev–Trinajstić information content (AvgIpc) is 2.90. The summed E-state index contributed by atoms with van der Waals surface area (Å²) < 4.78 is 0. The standard InChI is InChI=1S/C15H30N2/c1-17(14-9-5-6-10-14)15(12-16)11-13-7-3-2-4-8-13/h13-15H,2-12,16H2,1H3. The molecule has 1 atom stereocenters. The van der Waals surface area contributed by atoms with E-state index >= 15 is 0 Å². The molecule has 2 heteroatoms. The van der Waals surface area contributed by atoms with Crippen molar-refractivity contribution in [3.05, 3.63) is 0 Å². The molecule has 0 aromatic carbocycles. The third kappa shape index (κ3) is 3.69. The summed E-state index contributed by atoms with van der Waals surface area (Å²) in [5.74, 6) is 0.959. The molecule has 0 amide bonds. The summed E-state index contributed by atoms with van der Waals surface area (Å²) in [6.45, 7) is 0.851. The topological polar surface area (TPSA) is 29.3 Å². The molecule has 0 spiro atoms. The highest BCUT2D eigenvalue weighted by molar-refractivity contribution is 4.83. The quantitative estimate of drug-likeness (QED) is 0.797. The third-order valence-corrected chi connectivity index (χ3v) is 5.08. The number of nitrogens with two attached hydrogens (primary N) is 1. The molecule has 0 aromatic rings. The van der Waals surface area contributed by atoms with Crippen molar-refractivity contribution in [2.75, 3.05) is 13.6 Å². The van der Waals surface area contributed by atoms with Gasteiger partial charge in [-0.25, -0.2) is 0 Å². The molecule has 0 radical (unpaired) electrons. The van der Waals surface area contributed by atoms with Crippen LogP contribution < -0.4 is 5.73 Å². The summed E-state index contributed by atoms with van der Waals surface area (Å²) in [6.07, 6.45) is 14.3. The van der Waals surface area contributed by atoms with Crippen molar-refractivity contribution >= 4 is 0 Å². The number of nitrogens with zero attached hydrogens (tertiary/aromatic N) is 1. The fourth-order valence-corrected chi connectivity index (χ4v) is 3.85. The van der Waals surface area contributed by atoms with Crippen molar-refractivity contribution < 1.29 is 0 Å². The van der Waals surface area contributed by atoms with Crippen molar-refractivity contribution in [1.82, 2.24) is 4.90 Å². The molecule has 2 saturated carbocycles. The normalized spacial score (nSPS) is 25.6. The Morgan fingerprint density at radius 1 is 1.00 bits per heavy atom. The van der Waals surface area contributed by atoms with E-state index in [1.807, 2.05) is 0 Å². The van der Waals surface area contributed by atoms with E-state index in [0.29, 0.717) is 6.04 Å². The second-order valence-electron chi connectivity index (χ2n) is 6.23. The minimum Gasteiger partial charge on any atom is -0.329 e. The Morgan fingerprint density at radius 3 is 2.18 bits per heavy atom. The molecule has 2 aliphatic rings. The highest BCUT2D eigenvalue weighted by Gasteiger charge is 2.27. The summed E-state index contributed by atoms with van der Waals surface area (Å²) in [4.78, 5) is 2.61. The first-order valence-corrected chi connectivity index (χ1v) is 7.73. The zero-order chi connectivity index (χ0) is 12.1. The van der Waals surface area contributed by atoms with Crippen molar-refractivity contribution in [1.29, 1.82) is 0 Å². The van der Waals surface area contributed by atoms with Crippen LogP contribution in [0.5, 0.6) is 0 Å². The first-order chi connectivity index (χ1) is 8.31. The smallest absolute Gasteiger partial charge is 0.0220 e. The SMILES string of the molecule is CN(C1CCCC1)C(CN)CC1CCCCC1. The van der Waals surface area contributed by atoms with Gasteiger partial charge in [0.05, 0.1) is 0 Å². The molecule has 0 saturated heterocycles. The number of hydrogen-bond acceptors (Lipinski definition) is 2. The first kappa shape index (κ1) is 13.4. The van der Waals surface area contributed by atoms with E-state index < -0.39 is 0 Å². The monoisotopic (exact) mass is 238 g/mol. The number of hydrogen-bond donors (Lipinski definition) is 1. The van der Waals surface area contributed by atoms with Crippen LogP contribution in [0, 0.1) is 5.92 Å². The van der Waals surface area contributed by atoms with Gasteiger partial charge >= 0.3 is 0 Å². The number of rotatable bonds is 5. The third-order valence-electron chi connectivity index (χ3n) is 5.08. The van der Waals surface area contributed by atoms with Gasteiger partial charge in [0.15, 0.2) is 0 Å². The van der Waals surface area contributed by atoms with E-state index in [4.69, 9.17) is 5.73 Å². The Labute approximate surface area is 107 Å². The van der Waals surface area contributed by atoms with E-state index in [0.717, 1.165) is 18.5 Å². The van der Waals surface area contributed by atoms with Crippen molar-refractivity contribution in [3.8, 4) is 0 Å². The molecular formula is C15H30N2. The van der Waals surface area contributed by atoms with Gasteiger partial charge in [-0.2, -0.15) is 0 Å². The molecular weight excluding hydrogens is 208 g/mol. The van der Waals surface area contributed by atoms with E-state index in [-0.39, 0.29) is 0 Å². The van der Waals surface area contributed by atoms with Crippen LogP contribution in [0.3, 0.4) is 0 Å². The Hall–Kier alpha value is -0.0800. The van der Waals surface area contributed by atoms with Crippen LogP contribution in [0.15, 0.2) is 0 Å². The largest absolute Gasteiger partial charge is 0.329 e. The molecule has 0 bridgehead atoms. The average molecular weight is 238 g/mol. The highest BCUT2D eigenvalue weighted by Crippen LogP contribution is 2.30. The van der Waals surface area contributed by atoms with Crippen LogP contribution in [-0.4, -0.2) is 30.6 Å². The Bertz CT molecular complexity index is 205. The van der Waals surface area contributed by atoms with Gasteiger partial charge in [-0.1, -0.05) is 44.9 Å². The molecule has 0 aromatic heterocycles. The molecule has 2 nitrogen and oxygen atoms in total. The molecule has 0 aliphatic heterocycles. The lowest BCUT2D eigenvalue weighted by molar-refractivity contribution is 0.144. The maximum atomic E-state index is 6.02. The molecule has 2 aliphatic carbocycles. The van der Waals surface area contributed by atoms with E-state index in [1.54, 1.807) is 0 Å². The lowest BCUT2D eigenvalue weighted by Gasteiger charge is -2.35. The molecule has 2 fully saturated rings. The molecule has 1 unspecified atom stereocenters. The van der Waals surface area contributed by atoms with Crippen LogP contribution in [0.25, 0.3) is 0 Å². The van der Waals surface area contributed by atoms with Gasteiger partial charge in [-0.05, 0) is 32.2 Å². The summed E-state index contributed by atoms with van der Waals surface area (Å²) in [7, 11) is 2.32. The van der Waals surface area contributed by atoms with Gasteiger partial charge in [-0.15, -0.1) is 0 Å². The van der Waals surface area contributed by atoms with Crippen molar-refractivity contribution in [2.24, 2.45) is 11.7 Å². The van der Waals surface area contributed by atoms with Crippen molar-refractivity contribution in [3.63, 3.8) is 0 Å². The summed E-state index contributed by atoms with van der Waals surface area (Å²) in [6, 6.07) is 1.47. The zero-order valence-electron chi connectivity index (χ0n) is 11.5. The Morgan fingerprint density at radius 2 is 1.59 bits per heavy atom. The fourth-order valence-electron chi connectivity index (χ4n) is 3.85. The molecule has 17 heavy (non-hydrogen) atoms. The summed E-state index contributed by atoms with van der Waals surface area (Å²) >= 11 is 0. The van der Waals surface area contributed by atoms with Gasteiger partial charge in [-0.3, -0.25) is 4.90 Å². The van der Waals surface area contributed by atoms with Gasteiger partial charge in [0.2, 0.25) is 0 Å². The van der Waals surface area contributed by atoms with Crippen LogP contribution in [-0.2, 0) is 0 Å². The van der Waals surface area contributed by atoms with Gasteiger partial charge in [0, 0.05) is 18.6 Å². The lowest BCUT2D eigenvalue weighted by Crippen LogP contribution is -2.44. The number of likely N-dealkylation sites (N-methyl/N-ethyl adjacent to an activating group) is 1. The van der Waals surface area contributed by atoms with Gasteiger partial charge in [0.25, 0.3) is 0 Å². The van der Waals surface area contributed by atoms with Crippen LogP contribution >= 0.6 is 0 Å². The summed E-state index contributed by atoms with van der Waals surface area (Å²) in [5, 5.41) is 0. The van der Waals surface area contributed by atoms with E-state index in [9.17, 15) is 0 Å². The zero-order valence-corrected chi connectivity index (χ0v) is 11.5. The molecule has 2 rings (SSSR count). The predicted molar refractivity (Wildman–Crippen MR) is 74.1 cm³/mol. The maximum absolute atomic E-state index is 6.02. The summed E-state index contributed by atoms with van der Waals surface area (Å²) in [5.41, 5.74) is 6.02. The first-order valence-electron chi connectivity index (χ1n) is 7.73. The van der Waals surface area contributed by atoms with Gasteiger partial charge < -0.3 is 5.73 Å². The fraction of sp³-hybridized carbons (Fsp3) is 1.00.